The van der Waals surface area contributed by atoms with E-state index in [-0.39, 0.29) is 11.8 Å². The lowest BCUT2D eigenvalue weighted by Gasteiger charge is -2.26. The SMILES string of the molecule is O=C(NC1CCCC1)c1ccc(N2CCCCC2=O)cc1. The standard InChI is InChI=1S/C17H22N2O2/c20-16-7-3-4-12-19(16)15-10-8-13(9-11-15)17(21)18-14-5-1-2-6-14/h8-11,14H,1-7,12H2,(H,18,21). The van der Waals surface area contributed by atoms with Crippen LogP contribution in [0.25, 0.3) is 0 Å². The Morgan fingerprint density at radius 3 is 2.43 bits per heavy atom. The molecule has 4 nitrogen and oxygen atoms in total. The third-order valence-corrected chi connectivity index (χ3v) is 4.45. The molecular formula is C17H22N2O2. The van der Waals surface area contributed by atoms with Gasteiger partial charge < -0.3 is 10.2 Å². The monoisotopic (exact) mass is 286 g/mol. The zero-order chi connectivity index (χ0) is 14.7. The van der Waals surface area contributed by atoms with Crippen molar-refractivity contribution in [2.75, 3.05) is 11.4 Å². The van der Waals surface area contributed by atoms with E-state index >= 15 is 0 Å². The molecular weight excluding hydrogens is 264 g/mol. The molecule has 1 saturated carbocycles. The van der Waals surface area contributed by atoms with Gasteiger partial charge in [0, 0.05) is 30.3 Å². The number of carbonyl (C=O) groups is 2. The zero-order valence-corrected chi connectivity index (χ0v) is 12.3. The van der Waals surface area contributed by atoms with Crippen molar-refractivity contribution in [2.45, 2.75) is 51.0 Å². The maximum Gasteiger partial charge on any atom is 0.251 e. The van der Waals surface area contributed by atoms with Crippen molar-refractivity contribution < 1.29 is 9.59 Å². The summed E-state index contributed by atoms with van der Waals surface area (Å²) in [5, 5.41) is 3.08. The van der Waals surface area contributed by atoms with Crippen LogP contribution >= 0.6 is 0 Å². The van der Waals surface area contributed by atoms with Crippen LogP contribution in [0.15, 0.2) is 24.3 Å². The molecule has 21 heavy (non-hydrogen) atoms. The molecule has 112 valence electrons. The van der Waals surface area contributed by atoms with E-state index in [1.165, 1.54) is 12.8 Å². The topological polar surface area (TPSA) is 49.4 Å². The van der Waals surface area contributed by atoms with Crippen molar-refractivity contribution in [1.82, 2.24) is 5.32 Å². The number of hydrogen-bond donors (Lipinski definition) is 1. The van der Waals surface area contributed by atoms with Gasteiger partial charge in [-0.2, -0.15) is 0 Å². The molecule has 2 fully saturated rings. The molecule has 1 saturated heterocycles. The number of hydrogen-bond acceptors (Lipinski definition) is 2. The molecule has 4 heteroatoms. The van der Waals surface area contributed by atoms with Crippen molar-refractivity contribution in [3.63, 3.8) is 0 Å². The van der Waals surface area contributed by atoms with Crippen LogP contribution < -0.4 is 10.2 Å². The molecule has 0 unspecified atom stereocenters. The van der Waals surface area contributed by atoms with Gasteiger partial charge in [-0.3, -0.25) is 9.59 Å². The van der Waals surface area contributed by atoms with Crippen molar-refractivity contribution in [2.24, 2.45) is 0 Å². The number of nitrogens with one attached hydrogen (secondary N) is 1. The molecule has 1 aromatic rings. The normalized spacial score (nSPS) is 19.8. The van der Waals surface area contributed by atoms with E-state index in [0.29, 0.717) is 18.0 Å². The highest BCUT2D eigenvalue weighted by molar-refractivity contribution is 5.97. The number of carbonyl (C=O) groups excluding carboxylic acids is 2. The summed E-state index contributed by atoms with van der Waals surface area (Å²) in [6, 6.07) is 7.74. The Morgan fingerprint density at radius 2 is 1.76 bits per heavy atom. The summed E-state index contributed by atoms with van der Waals surface area (Å²) in [6.45, 7) is 0.784. The maximum atomic E-state index is 12.2. The third-order valence-electron chi connectivity index (χ3n) is 4.45. The first kappa shape index (κ1) is 14.1. The second-order valence-electron chi connectivity index (χ2n) is 6.00. The highest BCUT2D eigenvalue weighted by atomic mass is 16.2. The predicted molar refractivity (Wildman–Crippen MR) is 82.4 cm³/mol. The number of piperidine rings is 1. The number of anilines is 1. The molecule has 1 heterocycles. The van der Waals surface area contributed by atoms with Crippen LogP contribution in [0, 0.1) is 0 Å². The van der Waals surface area contributed by atoms with Crippen molar-refractivity contribution in [3.8, 4) is 0 Å². The Hall–Kier alpha value is -1.84. The summed E-state index contributed by atoms with van der Waals surface area (Å²) in [7, 11) is 0. The Morgan fingerprint density at radius 1 is 1.05 bits per heavy atom. The van der Waals surface area contributed by atoms with Crippen LogP contribution in [-0.4, -0.2) is 24.4 Å². The molecule has 1 N–H and O–H groups in total. The first-order valence-corrected chi connectivity index (χ1v) is 7.95. The number of nitrogens with zero attached hydrogens (tertiary/aromatic N) is 1. The van der Waals surface area contributed by atoms with Crippen LogP contribution in [0.3, 0.4) is 0 Å². The van der Waals surface area contributed by atoms with Crippen LogP contribution in [0.1, 0.15) is 55.3 Å². The molecule has 0 spiro atoms. The fourth-order valence-electron chi connectivity index (χ4n) is 3.21. The van der Waals surface area contributed by atoms with E-state index in [4.69, 9.17) is 0 Å². The average molecular weight is 286 g/mol. The van der Waals surface area contributed by atoms with E-state index in [0.717, 1.165) is 37.9 Å². The van der Waals surface area contributed by atoms with Gasteiger partial charge in [0.15, 0.2) is 0 Å². The lowest BCUT2D eigenvalue weighted by atomic mass is 10.1. The van der Waals surface area contributed by atoms with Crippen LogP contribution in [0.4, 0.5) is 5.69 Å². The minimum absolute atomic E-state index is 0.00146. The second kappa shape index (κ2) is 6.29. The van der Waals surface area contributed by atoms with Gasteiger partial charge >= 0.3 is 0 Å². The van der Waals surface area contributed by atoms with Gasteiger partial charge in [-0.15, -0.1) is 0 Å². The molecule has 1 aromatic carbocycles. The lowest BCUT2D eigenvalue weighted by Crippen LogP contribution is -2.35. The van der Waals surface area contributed by atoms with E-state index in [1.807, 2.05) is 29.2 Å². The largest absolute Gasteiger partial charge is 0.349 e. The first-order valence-electron chi connectivity index (χ1n) is 7.95. The quantitative estimate of drug-likeness (QED) is 0.929. The Bertz CT molecular complexity index is 518. The average Bonchev–Trinajstić information content (AvgIpc) is 3.01. The molecule has 0 atom stereocenters. The minimum Gasteiger partial charge on any atom is -0.349 e. The molecule has 1 aliphatic carbocycles. The summed E-state index contributed by atoms with van der Waals surface area (Å²) in [4.78, 5) is 25.9. The molecule has 2 amide bonds. The Labute approximate surface area is 125 Å². The van der Waals surface area contributed by atoms with Crippen LogP contribution in [0.5, 0.6) is 0 Å². The summed E-state index contributed by atoms with van der Waals surface area (Å²) >= 11 is 0. The highest BCUT2D eigenvalue weighted by Gasteiger charge is 2.21. The van der Waals surface area contributed by atoms with Gasteiger partial charge in [0.05, 0.1) is 0 Å². The van der Waals surface area contributed by atoms with Gasteiger partial charge in [-0.1, -0.05) is 12.8 Å². The maximum absolute atomic E-state index is 12.2. The van der Waals surface area contributed by atoms with E-state index in [1.54, 1.807) is 0 Å². The Kier molecular flexibility index (Phi) is 4.23. The smallest absolute Gasteiger partial charge is 0.251 e. The van der Waals surface area contributed by atoms with Gasteiger partial charge in [-0.05, 0) is 49.9 Å². The first-order chi connectivity index (χ1) is 10.2. The van der Waals surface area contributed by atoms with Gasteiger partial charge in [-0.25, -0.2) is 0 Å². The second-order valence-corrected chi connectivity index (χ2v) is 6.00. The number of amides is 2. The minimum atomic E-state index is -0.00146. The molecule has 0 radical (unpaired) electrons. The van der Waals surface area contributed by atoms with Gasteiger partial charge in [0.25, 0.3) is 5.91 Å². The fourth-order valence-corrected chi connectivity index (χ4v) is 3.21. The van der Waals surface area contributed by atoms with Crippen LogP contribution in [-0.2, 0) is 4.79 Å². The number of rotatable bonds is 3. The molecule has 3 rings (SSSR count). The van der Waals surface area contributed by atoms with Crippen molar-refractivity contribution in [1.29, 1.82) is 0 Å². The summed E-state index contributed by atoms with van der Waals surface area (Å²) in [6.07, 6.45) is 7.26. The molecule has 1 aliphatic heterocycles. The Balaban J connectivity index is 1.65. The molecule has 0 bridgehead atoms. The molecule has 0 aromatic heterocycles. The third kappa shape index (κ3) is 3.26. The fraction of sp³-hybridized carbons (Fsp3) is 0.529. The number of benzene rings is 1. The van der Waals surface area contributed by atoms with Gasteiger partial charge in [0.2, 0.25) is 5.91 Å². The molecule has 2 aliphatic rings. The van der Waals surface area contributed by atoms with E-state index in [9.17, 15) is 9.59 Å². The van der Waals surface area contributed by atoms with Crippen molar-refractivity contribution in [3.05, 3.63) is 29.8 Å². The summed E-state index contributed by atoms with van der Waals surface area (Å²) in [5.74, 6) is 0.183. The summed E-state index contributed by atoms with van der Waals surface area (Å²) in [5.41, 5.74) is 1.58. The van der Waals surface area contributed by atoms with Crippen LogP contribution in [0.2, 0.25) is 0 Å². The highest BCUT2D eigenvalue weighted by Crippen LogP contribution is 2.22. The van der Waals surface area contributed by atoms with Crippen molar-refractivity contribution >= 4 is 17.5 Å². The zero-order valence-electron chi connectivity index (χ0n) is 12.3. The lowest BCUT2D eigenvalue weighted by molar-refractivity contribution is -0.119. The predicted octanol–water partition coefficient (Wildman–Crippen LogP) is 2.88. The van der Waals surface area contributed by atoms with Gasteiger partial charge in [0.1, 0.15) is 0 Å². The van der Waals surface area contributed by atoms with E-state index < -0.39 is 0 Å². The summed E-state index contributed by atoms with van der Waals surface area (Å²) < 4.78 is 0. The van der Waals surface area contributed by atoms with E-state index in [2.05, 4.69) is 5.32 Å².